The SMILES string of the molecule is NC(=O)c1ccc(OC2CCNC2)c(F)c1. The molecule has 0 aliphatic carbocycles. The van der Waals surface area contributed by atoms with Crippen molar-refractivity contribution in [2.24, 2.45) is 5.73 Å². The summed E-state index contributed by atoms with van der Waals surface area (Å²) < 4.78 is 19.0. The van der Waals surface area contributed by atoms with Crippen molar-refractivity contribution in [1.29, 1.82) is 0 Å². The van der Waals surface area contributed by atoms with Gasteiger partial charge in [0.05, 0.1) is 0 Å². The maximum absolute atomic E-state index is 13.5. The molecule has 16 heavy (non-hydrogen) atoms. The average Bonchev–Trinajstić information content (AvgIpc) is 2.73. The molecule has 4 nitrogen and oxygen atoms in total. The fourth-order valence-electron chi connectivity index (χ4n) is 1.66. The first-order valence-electron chi connectivity index (χ1n) is 5.13. The lowest BCUT2D eigenvalue weighted by Gasteiger charge is -2.13. The maximum atomic E-state index is 13.5. The van der Waals surface area contributed by atoms with Gasteiger partial charge in [-0.1, -0.05) is 0 Å². The van der Waals surface area contributed by atoms with E-state index >= 15 is 0 Å². The summed E-state index contributed by atoms with van der Waals surface area (Å²) in [5.74, 6) is -1.03. The number of hydrogen-bond donors (Lipinski definition) is 2. The third kappa shape index (κ3) is 2.30. The molecular formula is C11H13FN2O2. The van der Waals surface area contributed by atoms with Crippen LogP contribution in [0.2, 0.25) is 0 Å². The Balaban J connectivity index is 2.12. The van der Waals surface area contributed by atoms with E-state index in [1.165, 1.54) is 12.1 Å². The molecule has 0 saturated carbocycles. The van der Waals surface area contributed by atoms with Crippen molar-refractivity contribution in [1.82, 2.24) is 5.32 Å². The summed E-state index contributed by atoms with van der Waals surface area (Å²) in [5.41, 5.74) is 5.19. The lowest BCUT2D eigenvalue weighted by Crippen LogP contribution is -2.20. The normalized spacial score (nSPS) is 19.7. The zero-order chi connectivity index (χ0) is 11.5. The molecule has 0 bridgehead atoms. The highest BCUT2D eigenvalue weighted by Gasteiger charge is 2.18. The lowest BCUT2D eigenvalue weighted by molar-refractivity contribution is 0.0999. The van der Waals surface area contributed by atoms with Gasteiger partial charge in [0.25, 0.3) is 0 Å². The highest BCUT2D eigenvalue weighted by molar-refractivity contribution is 5.92. The number of carbonyl (C=O) groups is 1. The van der Waals surface area contributed by atoms with Gasteiger partial charge in [-0.2, -0.15) is 0 Å². The van der Waals surface area contributed by atoms with Crippen LogP contribution in [0.5, 0.6) is 5.75 Å². The minimum absolute atomic E-state index is 0.00562. The summed E-state index contributed by atoms with van der Waals surface area (Å²) in [5, 5.41) is 3.12. The van der Waals surface area contributed by atoms with E-state index < -0.39 is 11.7 Å². The molecule has 1 heterocycles. The molecule has 0 spiro atoms. The molecular weight excluding hydrogens is 211 g/mol. The molecule has 1 aromatic rings. The molecule has 1 fully saturated rings. The van der Waals surface area contributed by atoms with Crippen molar-refractivity contribution in [3.63, 3.8) is 0 Å². The number of amides is 1. The Morgan fingerprint density at radius 1 is 1.56 bits per heavy atom. The number of nitrogens with one attached hydrogen (secondary N) is 1. The van der Waals surface area contributed by atoms with E-state index in [4.69, 9.17) is 10.5 Å². The van der Waals surface area contributed by atoms with Gasteiger partial charge in [-0.15, -0.1) is 0 Å². The van der Waals surface area contributed by atoms with E-state index in [2.05, 4.69) is 5.32 Å². The van der Waals surface area contributed by atoms with Crippen LogP contribution in [0, 0.1) is 5.82 Å². The Morgan fingerprint density at radius 3 is 2.94 bits per heavy atom. The van der Waals surface area contributed by atoms with Gasteiger partial charge in [-0.25, -0.2) is 4.39 Å². The molecule has 86 valence electrons. The number of ether oxygens (including phenoxy) is 1. The van der Waals surface area contributed by atoms with Gasteiger partial charge in [0.15, 0.2) is 11.6 Å². The number of benzene rings is 1. The molecule has 0 aromatic heterocycles. The predicted molar refractivity (Wildman–Crippen MR) is 56.8 cm³/mol. The monoisotopic (exact) mass is 224 g/mol. The summed E-state index contributed by atoms with van der Waals surface area (Å²) in [7, 11) is 0. The number of nitrogens with two attached hydrogens (primary N) is 1. The van der Waals surface area contributed by atoms with Gasteiger partial charge in [0.1, 0.15) is 6.10 Å². The van der Waals surface area contributed by atoms with Crippen molar-refractivity contribution < 1.29 is 13.9 Å². The topological polar surface area (TPSA) is 64.4 Å². The minimum atomic E-state index is -0.645. The molecule has 1 unspecified atom stereocenters. The van der Waals surface area contributed by atoms with Crippen LogP contribution in [-0.2, 0) is 0 Å². The Hall–Kier alpha value is -1.62. The van der Waals surface area contributed by atoms with Gasteiger partial charge < -0.3 is 15.8 Å². The van der Waals surface area contributed by atoms with Gasteiger partial charge in [0.2, 0.25) is 5.91 Å². The summed E-state index contributed by atoms with van der Waals surface area (Å²) in [6.45, 7) is 1.60. The molecule has 1 amide bonds. The first kappa shape index (κ1) is 10.9. The Kier molecular flexibility index (Phi) is 3.05. The van der Waals surface area contributed by atoms with E-state index in [0.717, 1.165) is 25.6 Å². The standard InChI is InChI=1S/C11H13FN2O2/c12-9-5-7(11(13)15)1-2-10(9)16-8-3-4-14-6-8/h1-2,5,8,14H,3-4,6H2,(H2,13,15). The molecule has 5 heteroatoms. The largest absolute Gasteiger partial charge is 0.486 e. The second-order valence-corrected chi connectivity index (χ2v) is 3.74. The second-order valence-electron chi connectivity index (χ2n) is 3.74. The zero-order valence-electron chi connectivity index (χ0n) is 8.70. The Bertz CT molecular complexity index is 403. The summed E-state index contributed by atoms with van der Waals surface area (Å²) in [6, 6.07) is 4.00. The third-order valence-corrected chi connectivity index (χ3v) is 2.53. The van der Waals surface area contributed by atoms with Crippen molar-refractivity contribution in [2.45, 2.75) is 12.5 Å². The maximum Gasteiger partial charge on any atom is 0.248 e. The molecule has 1 aliphatic heterocycles. The van der Waals surface area contributed by atoms with Crippen LogP contribution in [0.3, 0.4) is 0 Å². The number of hydrogen-bond acceptors (Lipinski definition) is 3. The molecule has 1 aliphatic rings. The molecule has 1 atom stereocenters. The summed E-state index contributed by atoms with van der Waals surface area (Å²) in [6.07, 6.45) is 0.853. The predicted octanol–water partition coefficient (Wildman–Crippen LogP) is 0.665. The molecule has 3 N–H and O–H groups in total. The fourth-order valence-corrected chi connectivity index (χ4v) is 1.66. The number of halogens is 1. The van der Waals surface area contributed by atoms with Crippen molar-refractivity contribution in [3.8, 4) is 5.75 Å². The van der Waals surface area contributed by atoms with Crippen LogP contribution >= 0.6 is 0 Å². The van der Waals surface area contributed by atoms with E-state index in [1.54, 1.807) is 0 Å². The van der Waals surface area contributed by atoms with E-state index in [1.807, 2.05) is 0 Å². The van der Waals surface area contributed by atoms with Crippen molar-refractivity contribution >= 4 is 5.91 Å². The number of rotatable bonds is 3. The quantitative estimate of drug-likeness (QED) is 0.793. The Morgan fingerprint density at radius 2 is 2.38 bits per heavy atom. The van der Waals surface area contributed by atoms with E-state index in [0.29, 0.717) is 0 Å². The van der Waals surface area contributed by atoms with E-state index in [9.17, 15) is 9.18 Å². The van der Waals surface area contributed by atoms with Crippen LogP contribution in [0.25, 0.3) is 0 Å². The second kappa shape index (κ2) is 4.49. The first-order valence-corrected chi connectivity index (χ1v) is 5.13. The molecule has 1 saturated heterocycles. The average molecular weight is 224 g/mol. The van der Waals surface area contributed by atoms with Crippen molar-refractivity contribution in [2.75, 3.05) is 13.1 Å². The van der Waals surface area contributed by atoms with Crippen LogP contribution in [0.1, 0.15) is 16.8 Å². The number of carbonyl (C=O) groups excluding carboxylic acids is 1. The van der Waals surface area contributed by atoms with Gasteiger partial charge in [0, 0.05) is 12.1 Å². The minimum Gasteiger partial charge on any atom is -0.486 e. The zero-order valence-corrected chi connectivity index (χ0v) is 8.70. The van der Waals surface area contributed by atoms with Crippen molar-refractivity contribution in [3.05, 3.63) is 29.6 Å². The smallest absolute Gasteiger partial charge is 0.248 e. The van der Waals surface area contributed by atoms with Crippen LogP contribution in [-0.4, -0.2) is 25.1 Å². The highest BCUT2D eigenvalue weighted by atomic mass is 19.1. The summed E-state index contributed by atoms with van der Waals surface area (Å²) in [4.78, 5) is 10.8. The summed E-state index contributed by atoms with van der Waals surface area (Å²) >= 11 is 0. The highest BCUT2D eigenvalue weighted by Crippen LogP contribution is 2.20. The van der Waals surface area contributed by atoms with Gasteiger partial charge in [-0.05, 0) is 31.2 Å². The first-order chi connectivity index (χ1) is 7.66. The van der Waals surface area contributed by atoms with Crippen LogP contribution in [0.4, 0.5) is 4.39 Å². The Labute approximate surface area is 92.6 Å². The van der Waals surface area contributed by atoms with Gasteiger partial charge in [-0.3, -0.25) is 4.79 Å². The molecule has 1 aromatic carbocycles. The van der Waals surface area contributed by atoms with Crippen LogP contribution in [0.15, 0.2) is 18.2 Å². The fraction of sp³-hybridized carbons (Fsp3) is 0.364. The molecule has 2 rings (SSSR count). The van der Waals surface area contributed by atoms with Gasteiger partial charge >= 0.3 is 0 Å². The van der Waals surface area contributed by atoms with Crippen LogP contribution < -0.4 is 15.8 Å². The van der Waals surface area contributed by atoms with E-state index in [-0.39, 0.29) is 17.4 Å². The molecule has 0 radical (unpaired) electrons. The third-order valence-electron chi connectivity index (χ3n) is 2.53. The number of primary amides is 1. The lowest BCUT2D eigenvalue weighted by atomic mass is 10.2.